The molecule has 1 aliphatic rings. The van der Waals surface area contributed by atoms with Crippen LogP contribution in [0.5, 0.6) is 0 Å². The van der Waals surface area contributed by atoms with Crippen molar-refractivity contribution in [3.63, 3.8) is 0 Å². The normalized spacial score (nSPS) is 13.6. The topological polar surface area (TPSA) is 50.2 Å². The minimum atomic E-state index is 0.580. The predicted molar refractivity (Wildman–Crippen MR) is 136 cm³/mol. The molecule has 0 amide bonds. The van der Waals surface area contributed by atoms with Crippen LogP contribution in [-0.4, -0.2) is 22.9 Å². The Balaban J connectivity index is 0.000000204. The molecule has 31 heavy (non-hydrogen) atoms. The van der Waals surface area contributed by atoms with Crippen molar-refractivity contribution in [3.8, 4) is 0 Å². The van der Waals surface area contributed by atoms with Gasteiger partial charge in [-0.2, -0.15) is 0 Å². The molecule has 0 spiro atoms. The quantitative estimate of drug-likeness (QED) is 0.478. The maximum absolute atomic E-state index is 4.49. The average Bonchev–Trinajstić information content (AvgIpc) is 2.83. The second-order valence-electron chi connectivity index (χ2n) is 7.82. The Bertz CT molecular complexity index is 994. The second kappa shape index (κ2) is 12.2. The van der Waals surface area contributed by atoms with E-state index in [9.17, 15) is 0 Å². The fraction of sp³-hybridized carbons (Fsp3) is 0.444. The van der Waals surface area contributed by atoms with Crippen LogP contribution in [0.4, 0.5) is 5.69 Å². The van der Waals surface area contributed by atoms with E-state index in [2.05, 4.69) is 78.3 Å². The van der Waals surface area contributed by atoms with E-state index in [0.717, 1.165) is 17.6 Å². The van der Waals surface area contributed by atoms with Crippen molar-refractivity contribution >= 4 is 22.8 Å². The van der Waals surface area contributed by atoms with Gasteiger partial charge in [-0.05, 0) is 60.9 Å². The number of hydrogen-bond donors (Lipinski definition) is 1. The van der Waals surface area contributed by atoms with Crippen LogP contribution in [-0.2, 0) is 0 Å². The molecule has 3 heterocycles. The zero-order chi connectivity index (χ0) is 22.8. The minimum absolute atomic E-state index is 0.580. The van der Waals surface area contributed by atoms with E-state index in [0.29, 0.717) is 18.5 Å². The van der Waals surface area contributed by atoms with Crippen LogP contribution in [0.15, 0.2) is 47.7 Å². The number of pyridine rings is 2. The lowest BCUT2D eigenvalue weighted by molar-refractivity contribution is 0.732. The van der Waals surface area contributed by atoms with E-state index in [4.69, 9.17) is 0 Å². The third-order valence-corrected chi connectivity index (χ3v) is 5.78. The first-order valence-electron chi connectivity index (χ1n) is 11.6. The van der Waals surface area contributed by atoms with Crippen LogP contribution in [0.25, 0.3) is 10.9 Å². The van der Waals surface area contributed by atoms with Crippen molar-refractivity contribution in [2.24, 2.45) is 4.99 Å². The minimum Gasteiger partial charge on any atom is -0.366 e. The van der Waals surface area contributed by atoms with Gasteiger partial charge in [0.05, 0.1) is 11.7 Å². The second-order valence-corrected chi connectivity index (χ2v) is 7.82. The van der Waals surface area contributed by atoms with Crippen molar-refractivity contribution in [2.45, 2.75) is 73.1 Å². The van der Waals surface area contributed by atoms with Gasteiger partial charge in [-0.3, -0.25) is 15.0 Å². The molecule has 1 aliphatic heterocycles. The van der Waals surface area contributed by atoms with Gasteiger partial charge >= 0.3 is 0 Å². The Kier molecular flexibility index (Phi) is 9.64. The first-order chi connectivity index (χ1) is 15.0. The molecule has 0 radical (unpaired) electrons. The standard InChI is InChI=1S/C13H16N2.C12H16N2.C2H6/c1-4-9(2)12-7-10(3)15-13-8-14-6-5-11(12)13;1-3-9(2)10-5-4-6-12-11(10)7-13-8-14-12;1-2/h5-9H,4H2,1-3H3;4-7,9,14H,3,8H2,1-2H3;1-2H3. The fourth-order valence-electron chi connectivity index (χ4n) is 3.67. The maximum atomic E-state index is 4.49. The molecule has 0 aliphatic carbocycles. The lowest BCUT2D eigenvalue weighted by Gasteiger charge is -2.19. The van der Waals surface area contributed by atoms with Gasteiger partial charge < -0.3 is 5.32 Å². The van der Waals surface area contributed by atoms with E-state index in [1.54, 1.807) is 0 Å². The number of anilines is 1. The molecule has 166 valence electrons. The van der Waals surface area contributed by atoms with Crippen LogP contribution in [0, 0.1) is 6.92 Å². The number of nitrogens with one attached hydrogen (secondary N) is 1. The summed E-state index contributed by atoms with van der Waals surface area (Å²) in [5.74, 6) is 1.19. The van der Waals surface area contributed by atoms with Crippen molar-refractivity contribution in [2.75, 3.05) is 12.0 Å². The van der Waals surface area contributed by atoms with Gasteiger partial charge in [0.2, 0.25) is 0 Å². The molecule has 2 atom stereocenters. The summed E-state index contributed by atoms with van der Waals surface area (Å²) in [6.07, 6.45) is 8.00. The highest BCUT2D eigenvalue weighted by atomic mass is 15.0. The molecule has 4 rings (SSSR count). The summed E-state index contributed by atoms with van der Waals surface area (Å²) < 4.78 is 0. The summed E-state index contributed by atoms with van der Waals surface area (Å²) in [6, 6.07) is 10.7. The van der Waals surface area contributed by atoms with Crippen LogP contribution < -0.4 is 5.32 Å². The van der Waals surface area contributed by atoms with Crippen molar-refractivity contribution < 1.29 is 0 Å². The van der Waals surface area contributed by atoms with Crippen LogP contribution >= 0.6 is 0 Å². The average molecular weight is 419 g/mol. The molecule has 2 unspecified atom stereocenters. The van der Waals surface area contributed by atoms with Crippen molar-refractivity contribution in [1.29, 1.82) is 0 Å². The molecular weight excluding hydrogens is 380 g/mol. The number of hydrogen-bond acceptors (Lipinski definition) is 4. The van der Waals surface area contributed by atoms with Gasteiger partial charge in [0, 0.05) is 34.7 Å². The molecule has 0 bridgehead atoms. The van der Waals surface area contributed by atoms with Gasteiger partial charge in [-0.15, -0.1) is 0 Å². The van der Waals surface area contributed by atoms with Gasteiger partial charge in [0.25, 0.3) is 0 Å². The number of aromatic nitrogens is 2. The fourth-order valence-corrected chi connectivity index (χ4v) is 3.67. The smallest absolute Gasteiger partial charge is 0.107 e. The lowest BCUT2D eigenvalue weighted by Crippen LogP contribution is -2.10. The highest BCUT2D eigenvalue weighted by Crippen LogP contribution is 2.28. The Hall–Kier alpha value is -2.75. The number of fused-ring (bicyclic) bond motifs is 2. The molecule has 3 aromatic rings. The third kappa shape index (κ3) is 6.13. The first-order valence-corrected chi connectivity index (χ1v) is 11.6. The van der Waals surface area contributed by atoms with Crippen LogP contribution in [0.1, 0.15) is 88.6 Å². The Morgan fingerprint density at radius 1 is 1.00 bits per heavy atom. The van der Waals surface area contributed by atoms with E-state index in [1.165, 1.54) is 34.2 Å². The monoisotopic (exact) mass is 418 g/mol. The summed E-state index contributed by atoms with van der Waals surface area (Å²) in [6.45, 7) is 15.7. The number of aryl methyl sites for hydroxylation is 1. The number of aliphatic imine (C=N–C) groups is 1. The Labute approximate surface area is 188 Å². The SMILES string of the molecule is CC.CCC(C)c1cc(C)nc2cnccc12.CCC(C)c1cccc2c1C=NCN2. The molecule has 2 aromatic heterocycles. The zero-order valence-electron chi connectivity index (χ0n) is 20.2. The summed E-state index contributed by atoms with van der Waals surface area (Å²) in [5, 5.41) is 4.52. The molecule has 0 saturated carbocycles. The molecule has 4 heteroatoms. The Morgan fingerprint density at radius 3 is 2.42 bits per heavy atom. The van der Waals surface area contributed by atoms with Gasteiger partial charge in [-0.1, -0.05) is 53.7 Å². The largest absolute Gasteiger partial charge is 0.366 e. The van der Waals surface area contributed by atoms with Crippen molar-refractivity contribution in [3.05, 3.63) is 65.1 Å². The molecule has 1 aromatic carbocycles. The molecule has 0 saturated heterocycles. The summed E-state index contributed by atoms with van der Waals surface area (Å²) in [7, 11) is 0. The maximum Gasteiger partial charge on any atom is 0.107 e. The number of benzene rings is 1. The van der Waals surface area contributed by atoms with E-state index in [-0.39, 0.29) is 0 Å². The summed E-state index contributed by atoms with van der Waals surface area (Å²) >= 11 is 0. The highest BCUT2D eigenvalue weighted by molar-refractivity contribution is 5.91. The zero-order valence-corrected chi connectivity index (χ0v) is 20.2. The summed E-state index contributed by atoms with van der Waals surface area (Å²) in [4.78, 5) is 12.9. The third-order valence-electron chi connectivity index (χ3n) is 5.78. The van der Waals surface area contributed by atoms with E-state index in [1.807, 2.05) is 39.4 Å². The molecule has 0 fully saturated rings. The number of nitrogens with zero attached hydrogens (tertiary/aromatic N) is 3. The van der Waals surface area contributed by atoms with Gasteiger partial charge in [-0.25, -0.2) is 0 Å². The predicted octanol–water partition coefficient (Wildman–Crippen LogP) is 7.48. The lowest BCUT2D eigenvalue weighted by atomic mass is 9.93. The Morgan fingerprint density at radius 2 is 1.71 bits per heavy atom. The molecular formula is C27H38N4. The number of rotatable bonds is 4. The summed E-state index contributed by atoms with van der Waals surface area (Å²) in [5.41, 5.74) is 7.37. The molecule has 1 N–H and O–H groups in total. The van der Waals surface area contributed by atoms with Crippen LogP contribution in [0.2, 0.25) is 0 Å². The van der Waals surface area contributed by atoms with Gasteiger partial charge in [0.15, 0.2) is 0 Å². The highest BCUT2D eigenvalue weighted by Gasteiger charge is 2.12. The van der Waals surface area contributed by atoms with Crippen molar-refractivity contribution in [1.82, 2.24) is 9.97 Å². The first kappa shape index (κ1) is 24.5. The molecule has 4 nitrogen and oxygen atoms in total. The van der Waals surface area contributed by atoms with E-state index < -0.39 is 0 Å². The van der Waals surface area contributed by atoms with Crippen LogP contribution in [0.3, 0.4) is 0 Å². The van der Waals surface area contributed by atoms with Gasteiger partial charge in [0.1, 0.15) is 6.67 Å². The van der Waals surface area contributed by atoms with E-state index >= 15 is 0 Å².